The van der Waals surface area contributed by atoms with Gasteiger partial charge >= 0.3 is 5.97 Å². The molecule has 1 fully saturated rings. The Bertz CT molecular complexity index is 374. The van der Waals surface area contributed by atoms with E-state index in [1.54, 1.807) is 6.92 Å². The molecule has 1 aliphatic rings. The van der Waals surface area contributed by atoms with Gasteiger partial charge in [-0.05, 0) is 19.8 Å². The van der Waals surface area contributed by atoms with E-state index in [2.05, 4.69) is 6.58 Å². The minimum atomic E-state index is -3.50. The van der Waals surface area contributed by atoms with Gasteiger partial charge in [-0.2, -0.15) is 4.31 Å². The Kier molecular flexibility index (Phi) is 3.51. The number of carbonyl (C=O) groups is 1. The van der Waals surface area contributed by atoms with E-state index in [4.69, 9.17) is 5.11 Å². The van der Waals surface area contributed by atoms with Crippen molar-refractivity contribution in [1.82, 2.24) is 4.31 Å². The van der Waals surface area contributed by atoms with Crippen molar-refractivity contribution in [2.45, 2.75) is 25.8 Å². The second kappa shape index (κ2) is 4.32. The zero-order valence-corrected chi connectivity index (χ0v) is 9.46. The van der Waals surface area contributed by atoms with Gasteiger partial charge in [-0.15, -0.1) is 0 Å². The largest absolute Gasteiger partial charge is 0.480 e. The molecule has 1 heterocycles. The molecule has 0 bridgehead atoms. The zero-order valence-electron chi connectivity index (χ0n) is 8.64. The van der Waals surface area contributed by atoms with Gasteiger partial charge in [0.2, 0.25) is 10.0 Å². The predicted octanol–water partition coefficient (Wildman–Crippen LogP) is 0.441. The molecular formula is C9H15NO4S. The predicted molar refractivity (Wildman–Crippen MR) is 56.0 cm³/mol. The van der Waals surface area contributed by atoms with E-state index in [-0.39, 0.29) is 5.75 Å². The van der Waals surface area contributed by atoms with E-state index in [0.717, 1.165) is 4.31 Å². The van der Waals surface area contributed by atoms with Crippen molar-refractivity contribution >= 4 is 16.0 Å². The first-order chi connectivity index (χ1) is 6.84. The number of sulfonamides is 1. The fourth-order valence-corrected chi connectivity index (χ4v) is 3.49. The van der Waals surface area contributed by atoms with E-state index in [9.17, 15) is 13.2 Å². The van der Waals surface area contributed by atoms with Crippen LogP contribution in [0.4, 0.5) is 0 Å². The Labute approximate surface area is 89.4 Å². The van der Waals surface area contributed by atoms with Crippen molar-refractivity contribution < 1.29 is 18.3 Å². The maximum absolute atomic E-state index is 11.8. The average Bonchev–Trinajstić information content (AvgIpc) is 2.48. The topological polar surface area (TPSA) is 74.7 Å². The first-order valence-electron chi connectivity index (χ1n) is 4.71. The molecule has 1 saturated heterocycles. The lowest BCUT2D eigenvalue weighted by molar-refractivity contribution is -0.140. The monoisotopic (exact) mass is 233 g/mol. The van der Waals surface area contributed by atoms with Crippen molar-refractivity contribution in [3.8, 4) is 0 Å². The van der Waals surface area contributed by atoms with Crippen molar-refractivity contribution in [3.05, 3.63) is 12.2 Å². The summed E-state index contributed by atoms with van der Waals surface area (Å²) in [4.78, 5) is 10.8. The van der Waals surface area contributed by atoms with Gasteiger partial charge in [-0.3, -0.25) is 4.79 Å². The van der Waals surface area contributed by atoms with Crippen LogP contribution in [0, 0.1) is 0 Å². The van der Waals surface area contributed by atoms with Gasteiger partial charge in [-0.1, -0.05) is 12.2 Å². The molecule has 15 heavy (non-hydrogen) atoms. The van der Waals surface area contributed by atoms with Crippen LogP contribution in [0.25, 0.3) is 0 Å². The van der Waals surface area contributed by atoms with Gasteiger partial charge in [0.05, 0.1) is 5.75 Å². The normalized spacial score (nSPS) is 22.9. The Morgan fingerprint density at radius 2 is 2.20 bits per heavy atom. The summed E-state index contributed by atoms with van der Waals surface area (Å²) in [5.74, 6) is -1.24. The lowest BCUT2D eigenvalue weighted by Crippen LogP contribution is -2.41. The summed E-state index contributed by atoms with van der Waals surface area (Å²) in [7, 11) is -3.50. The molecule has 1 atom stereocenters. The highest BCUT2D eigenvalue weighted by Crippen LogP contribution is 2.22. The third kappa shape index (κ3) is 2.79. The number of nitrogens with zero attached hydrogens (tertiary/aromatic N) is 1. The summed E-state index contributed by atoms with van der Waals surface area (Å²) in [5.41, 5.74) is 0.519. The van der Waals surface area contributed by atoms with Crippen molar-refractivity contribution in [2.24, 2.45) is 0 Å². The van der Waals surface area contributed by atoms with Crippen LogP contribution >= 0.6 is 0 Å². The molecule has 86 valence electrons. The summed E-state index contributed by atoms with van der Waals surface area (Å²) >= 11 is 0. The Morgan fingerprint density at radius 3 is 2.67 bits per heavy atom. The molecule has 1 N–H and O–H groups in total. The number of hydrogen-bond acceptors (Lipinski definition) is 3. The Morgan fingerprint density at radius 1 is 1.60 bits per heavy atom. The molecule has 0 unspecified atom stereocenters. The number of aliphatic carboxylic acids is 1. The SMILES string of the molecule is C=C(C)CS(=O)(=O)N1CCC[C@H]1C(=O)O. The number of carboxylic acid groups (broad SMARTS) is 1. The minimum Gasteiger partial charge on any atom is -0.480 e. The van der Waals surface area contributed by atoms with E-state index in [1.807, 2.05) is 0 Å². The molecule has 0 radical (unpaired) electrons. The lowest BCUT2D eigenvalue weighted by atomic mass is 10.2. The number of hydrogen-bond donors (Lipinski definition) is 1. The smallest absolute Gasteiger partial charge is 0.322 e. The molecule has 1 rings (SSSR count). The molecule has 6 heteroatoms. The highest BCUT2D eigenvalue weighted by atomic mass is 32.2. The summed E-state index contributed by atoms with van der Waals surface area (Å²) in [6.45, 7) is 5.44. The highest BCUT2D eigenvalue weighted by molar-refractivity contribution is 7.89. The molecule has 0 aromatic heterocycles. The van der Waals surface area contributed by atoms with E-state index in [1.165, 1.54) is 0 Å². The third-order valence-corrected chi connectivity index (χ3v) is 4.28. The number of rotatable bonds is 4. The molecule has 0 aromatic rings. The average molecular weight is 233 g/mol. The van der Waals surface area contributed by atoms with E-state index >= 15 is 0 Å². The molecule has 0 amide bonds. The lowest BCUT2D eigenvalue weighted by Gasteiger charge is -2.20. The van der Waals surface area contributed by atoms with Gasteiger partial charge in [0, 0.05) is 6.54 Å². The maximum Gasteiger partial charge on any atom is 0.322 e. The molecule has 5 nitrogen and oxygen atoms in total. The Hall–Kier alpha value is -0.880. The fraction of sp³-hybridized carbons (Fsp3) is 0.667. The van der Waals surface area contributed by atoms with Crippen LogP contribution in [0.3, 0.4) is 0 Å². The van der Waals surface area contributed by atoms with Gasteiger partial charge in [0.1, 0.15) is 6.04 Å². The van der Waals surface area contributed by atoms with Crippen LogP contribution in [0.1, 0.15) is 19.8 Å². The van der Waals surface area contributed by atoms with Crippen LogP contribution in [0.2, 0.25) is 0 Å². The molecule has 0 aromatic carbocycles. The molecule has 0 saturated carbocycles. The van der Waals surface area contributed by atoms with Crippen molar-refractivity contribution in [2.75, 3.05) is 12.3 Å². The summed E-state index contributed by atoms with van der Waals surface area (Å²) in [5, 5.41) is 8.85. The number of carboxylic acids is 1. The fourth-order valence-electron chi connectivity index (χ4n) is 1.71. The molecule has 1 aliphatic heterocycles. The maximum atomic E-state index is 11.8. The second-order valence-electron chi connectivity index (χ2n) is 3.82. The first-order valence-corrected chi connectivity index (χ1v) is 6.32. The van der Waals surface area contributed by atoms with Crippen LogP contribution in [0.15, 0.2) is 12.2 Å². The van der Waals surface area contributed by atoms with Crippen LogP contribution in [0.5, 0.6) is 0 Å². The van der Waals surface area contributed by atoms with E-state index < -0.39 is 22.0 Å². The van der Waals surface area contributed by atoms with Gasteiger partial charge in [-0.25, -0.2) is 8.42 Å². The third-order valence-electron chi connectivity index (χ3n) is 2.27. The van der Waals surface area contributed by atoms with Crippen LogP contribution < -0.4 is 0 Å². The van der Waals surface area contributed by atoms with Gasteiger partial charge < -0.3 is 5.11 Å². The summed E-state index contributed by atoms with van der Waals surface area (Å²) < 4.78 is 24.6. The minimum absolute atomic E-state index is 0.170. The van der Waals surface area contributed by atoms with Crippen LogP contribution in [-0.4, -0.2) is 42.1 Å². The summed E-state index contributed by atoms with van der Waals surface area (Å²) in [6, 6.07) is -0.894. The second-order valence-corrected chi connectivity index (χ2v) is 5.74. The van der Waals surface area contributed by atoms with Gasteiger partial charge in [0.15, 0.2) is 0 Å². The van der Waals surface area contributed by atoms with Gasteiger partial charge in [0.25, 0.3) is 0 Å². The molecular weight excluding hydrogens is 218 g/mol. The van der Waals surface area contributed by atoms with E-state index in [0.29, 0.717) is 25.0 Å². The standard InChI is InChI=1S/C9H15NO4S/c1-7(2)6-15(13,14)10-5-3-4-8(10)9(11)12/h8H,1,3-6H2,2H3,(H,11,12)/t8-/m0/s1. The summed E-state index contributed by atoms with van der Waals surface area (Å²) in [6.07, 6.45) is 0.997. The Balaban J connectivity index is 2.87. The van der Waals surface area contributed by atoms with Crippen LogP contribution in [-0.2, 0) is 14.8 Å². The molecule has 0 spiro atoms. The molecule has 0 aliphatic carbocycles. The van der Waals surface area contributed by atoms with Crippen molar-refractivity contribution in [1.29, 1.82) is 0 Å². The highest BCUT2D eigenvalue weighted by Gasteiger charge is 2.38. The quantitative estimate of drug-likeness (QED) is 0.715. The first kappa shape index (κ1) is 12.2. The van der Waals surface area contributed by atoms with Crippen molar-refractivity contribution in [3.63, 3.8) is 0 Å². The zero-order chi connectivity index (χ0) is 11.6.